The monoisotopic (exact) mass is 918 g/mol. The topological polar surface area (TPSA) is 226 Å². The van der Waals surface area contributed by atoms with Gasteiger partial charge >= 0.3 is 6.09 Å². The molecule has 11 rings (SSSR count). The van der Waals surface area contributed by atoms with Gasteiger partial charge in [0.2, 0.25) is 17.8 Å². The van der Waals surface area contributed by atoms with Gasteiger partial charge in [-0.25, -0.2) is 33.5 Å². The lowest BCUT2D eigenvalue weighted by Crippen LogP contribution is -2.45. The minimum Gasteiger partial charge on any atom is -0.465 e. The van der Waals surface area contributed by atoms with Crippen LogP contribution in [0.15, 0.2) is 140 Å². The van der Waals surface area contributed by atoms with E-state index in [9.17, 15) is 29.0 Å². The Morgan fingerprint density at radius 3 is 1.80 bits per heavy atom. The quantitative estimate of drug-likeness (QED) is 0.0767. The van der Waals surface area contributed by atoms with Crippen LogP contribution in [0.3, 0.4) is 0 Å². The number of aliphatic hydroxyl groups is 2. The van der Waals surface area contributed by atoms with E-state index in [1.807, 2.05) is 0 Å². The molecule has 69 heavy (non-hydrogen) atoms. The maximum atomic E-state index is 15.4. The van der Waals surface area contributed by atoms with Gasteiger partial charge < -0.3 is 25.3 Å². The molecule has 5 heterocycles. The molecule has 16 nitrogen and oxygen atoms in total. The van der Waals surface area contributed by atoms with Crippen molar-refractivity contribution in [1.29, 1.82) is 0 Å². The fourth-order valence-corrected chi connectivity index (χ4v) is 8.58. The lowest BCUT2D eigenvalue weighted by Gasteiger charge is -2.35. The molecule has 2 aliphatic heterocycles. The van der Waals surface area contributed by atoms with E-state index in [1.165, 1.54) is 30.3 Å². The van der Waals surface area contributed by atoms with Gasteiger partial charge in [0.05, 0.1) is 39.0 Å². The molecule has 0 bridgehead atoms. The molecule has 6 aromatic carbocycles. The van der Waals surface area contributed by atoms with E-state index in [0.717, 1.165) is 15.9 Å². The highest BCUT2D eigenvalue weighted by Crippen LogP contribution is 2.48. The zero-order valence-electron chi connectivity index (χ0n) is 35.4. The number of benzene rings is 6. The largest absolute Gasteiger partial charge is 0.465 e. The standard InChI is InChI=1S/C27H17FN6O2.C24H15FN4O4/c1-2-16-7-5-10-22(23(16)28)34-24(35)18-8-3-4-9-19(18)27(34,36)17-11-12-20-21(15-17)32-26(31-20)33-25-29-13-6-14-30-25;1-2-13-7-9-17(25)20(11-13)29-21(30)15-5-3-4-6-16(15)24(29,33)14-8-10-18-19(12-14)27-22(26-18)28-23(31)32/h1,3-15,36H,(H2,29,30,31,32,33);1,3-12,33H,(H,31,32)(H2,26,27,28). The molecule has 2 aliphatic rings. The number of aromatic nitrogens is 6. The second-order valence-corrected chi connectivity index (χ2v) is 15.6. The van der Waals surface area contributed by atoms with E-state index in [1.54, 1.807) is 103 Å². The number of carbonyl (C=O) groups is 3. The van der Waals surface area contributed by atoms with Gasteiger partial charge in [-0.15, -0.1) is 12.8 Å². The highest BCUT2D eigenvalue weighted by Gasteiger charge is 2.53. The van der Waals surface area contributed by atoms with E-state index < -0.39 is 41.0 Å². The van der Waals surface area contributed by atoms with Crippen molar-refractivity contribution in [2.75, 3.05) is 20.4 Å². The molecule has 0 saturated heterocycles. The number of rotatable bonds is 7. The number of carboxylic acid groups (broad SMARTS) is 1. The fourth-order valence-electron chi connectivity index (χ4n) is 8.58. The zero-order chi connectivity index (χ0) is 48.2. The molecule has 9 aromatic rings. The lowest BCUT2D eigenvalue weighted by atomic mass is 9.93. The molecule has 3 amide bonds. The van der Waals surface area contributed by atoms with Crippen LogP contribution in [0.25, 0.3) is 22.1 Å². The van der Waals surface area contributed by atoms with Crippen LogP contribution in [0.4, 0.5) is 42.8 Å². The predicted molar refractivity (Wildman–Crippen MR) is 250 cm³/mol. The van der Waals surface area contributed by atoms with Crippen molar-refractivity contribution in [2.45, 2.75) is 11.4 Å². The molecule has 0 aliphatic carbocycles. The van der Waals surface area contributed by atoms with Crippen molar-refractivity contribution in [1.82, 2.24) is 29.9 Å². The first kappa shape index (κ1) is 43.2. The van der Waals surface area contributed by atoms with Crippen LogP contribution < -0.4 is 20.4 Å². The molecular weight excluding hydrogens is 887 g/mol. The Bertz CT molecular complexity index is 3680. The summed E-state index contributed by atoms with van der Waals surface area (Å²) < 4.78 is 30.3. The maximum absolute atomic E-state index is 15.4. The molecular formula is C51H32F2N10O6. The van der Waals surface area contributed by atoms with Gasteiger partial charge in [-0.1, -0.05) is 66.4 Å². The number of anilines is 5. The van der Waals surface area contributed by atoms with Crippen molar-refractivity contribution in [3.05, 3.63) is 196 Å². The first-order valence-electron chi connectivity index (χ1n) is 20.7. The lowest BCUT2D eigenvalue weighted by molar-refractivity contribution is 0.0689. The molecule has 336 valence electrons. The maximum Gasteiger partial charge on any atom is 0.411 e. The summed E-state index contributed by atoms with van der Waals surface area (Å²) in [5, 5.41) is 38.3. The Balaban J connectivity index is 0.000000161. The summed E-state index contributed by atoms with van der Waals surface area (Å²) in [6.07, 6.45) is 12.8. The first-order chi connectivity index (χ1) is 33.3. The number of aromatic amines is 2. The van der Waals surface area contributed by atoms with E-state index in [4.69, 9.17) is 18.0 Å². The number of nitrogens with one attached hydrogen (secondary N) is 4. The van der Waals surface area contributed by atoms with Crippen molar-refractivity contribution < 1.29 is 38.5 Å². The number of hydrogen-bond donors (Lipinski definition) is 7. The number of fused-ring (bicyclic) bond motifs is 4. The highest BCUT2D eigenvalue weighted by atomic mass is 19.1. The van der Waals surface area contributed by atoms with Crippen LogP contribution in [0.2, 0.25) is 0 Å². The van der Waals surface area contributed by atoms with Crippen LogP contribution in [0, 0.1) is 36.3 Å². The third kappa shape index (κ3) is 7.09. The number of nitrogens with zero attached hydrogens (tertiary/aromatic N) is 6. The Hall–Kier alpha value is -9.75. The number of H-pyrrole nitrogens is 2. The van der Waals surface area contributed by atoms with E-state index in [-0.39, 0.29) is 45.1 Å². The second-order valence-electron chi connectivity index (χ2n) is 15.6. The minimum absolute atomic E-state index is 0.00541. The summed E-state index contributed by atoms with van der Waals surface area (Å²) in [5.41, 5.74) is -0.384. The molecule has 3 aromatic heterocycles. The number of hydrogen-bond acceptors (Lipinski definition) is 10. The summed E-state index contributed by atoms with van der Waals surface area (Å²) >= 11 is 0. The van der Waals surface area contributed by atoms with E-state index >= 15 is 4.39 Å². The van der Waals surface area contributed by atoms with Crippen LogP contribution >= 0.6 is 0 Å². The van der Waals surface area contributed by atoms with Crippen molar-refractivity contribution in [3.8, 4) is 24.7 Å². The Labute approximate surface area is 389 Å². The highest BCUT2D eigenvalue weighted by molar-refractivity contribution is 6.13. The summed E-state index contributed by atoms with van der Waals surface area (Å²) in [4.78, 5) is 62.6. The zero-order valence-corrected chi connectivity index (χ0v) is 35.4. The number of halogens is 2. The van der Waals surface area contributed by atoms with Crippen molar-refractivity contribution in [3.63, 3.8) is 0 Å². The molecule has 0 radical (unpaired) electrons. The smallest absolute Gasteiger partial charge is 0.411 e. The molecule has 0 spiro atoms. The minimum atomic E-state index is -2.07. The summed E-state index contributed by atoms with van der Waals surface area (Å²) in [7, 11) is 0. The van der Waals surface area contributed by atoms with E-state index in [0.29, 0.717) is 50.7 Å². The Kier molecular flexibility index (Phi) is 10.4. The average molecular weight is 919 g/mol. The SMILES string of the molecule is C#Cc1ccc(F)c(N2C(=O)c3ccccc3C2(O)c2ccc3nc(NC(=O)O)[nH]c3c2)c1.C#Cc1cccc(N2C(=O)c3ccccc3C2(O)c2ccc3nc(Nc4ncccn4)[nH]c3c2)c1F. The van der Waals surface area contributed by atoms with Gasteiger partial charge in [0.15, 0.2) is 17.3 Å². The molecule has 2 atom stereocenters. The third-order valence-electron chi connectivity index (χ3n) is 11.6. The first-order valence-corrected chi connectivity index (χ1v) is 20.7. The molecule has 18 heteroatoms. The van der Waals surface area contributed by atoms with Crippen molar-refractivity contribution >= 4 is 69.2 Å². The Morgan fingerprint density at radius 2 is 1.22 bits per heavy atom. The molecule has 0 fully saturated rings. The van der Waals surface area contributed by atoms with Crippen molar-refractivity contribution in [2.24, 2.45) is 0 Å². The third-order valence-corrected chi connectivity index (χ3v) is 11.6. The predicted octanol–water partition coefficient (Wildman–Crippen LogP) is 7.70. The average Bonchev–Trinajstić information content (AvgIpc) is 4.08. The summed E-state index contributed by atoms with van der Waals surface area (Å²) in [5.74, 6) is 2.80. The number of imidazole rings is 2. The van der Waals surface area contributed by atoms with Gasteiger partial charge in [-0.05, 0) is 72.8 Å². The molecule has 0 saturated carbocycles. The normalized spacial score (nSPS) is 16.9. The summed E-state index contributed by atoms with van der Waals surface area (Å²) in [6.45, 7) is 0. The summed E-state index contributed by atoms with van der Waals surface area (Å²) in [6, 6.07) is 32.7. The van der Waals surface area contributed by atoms with Crippen LogP contribution in [-0.4, -0.2) is 63.1 Å². The van der Waals surface area contributed by atoms with Gasteiger partial charge in [0, 0.05) is 51.3 Å². The second kappa shape index (κ2) is 16.6. The van der Waals surface area contributed by atoms with E-state index in [2.05, 4.69) is 52.4 Å². The molecule has 2 unspecified atom stereocenters. The van der Waals surface area contributed by atoms with Crippen LogP contribution in [0.5, 0.6) is 0 Å². The van der Waals surface area contributed by atoms with Crippen LogP contribution in [-0.2, 0) is 11.4 Å². The Morgan fingerprint density at radius 1 is 0.652 bits per heavy atom. The van der Waals surface area contributed by atoms with Crippen LogP contribution in [0.1, 0.15) is 54.1 Å². The van der Waals surface area contributed by atoms with Gasteiger partial charge in [-0.3, -0.25) is 30.0 Å². The number of carbonyl (C=O) groups excluding carboxylic acids is 2. The fraction of sp³-hybridized carbons (Fsp3) is 0.0392. The number of amides is 3. The van der Waals surface area contributed by atoms with Gasteiger partial charge in [-0.2, -0.15) is 0 Å². The van der Waals surface area contributed by atoms with Gasteiger partial charge in [0.1, 0.15) is 5.82 Å². The number of terminal acetylenes is 2. The molecule has 7 N–H and O–H groups in total. The van der Waals surface area contributed by atoms with Gasteiger partial charge in [0.25, 0.3) is 11.8 Å².